The Balaban J connectivity index is 1.49. The summed E-state index contributed by atoms with van der Waals surface area (Å²) < 4.78 is 5.51. The largest absolute Gasteiger partial charge is 0.444 e. The molecular formula is C26H26N2O3. The van der Waals surface area contributed by atoms with Gasteiger partial charge in [-0.05, 0) is 66.6 Å². The van der Waals surface area contributed by atoms with Gasteiger partial charge in [0.05, 0.1) is 0 Å². The van der Waals surface area contributed by atoms with E-state index in [0.29, 0.717) is 13.0 Å². The van der Waals surface area contributed by atoms with Crippen LogP contribution < -0.4 is 5.32 Å². The molecule has 1 fully saturated rings. The quantitative estimate of drug-likeness (QED) is 0.414. The molecule has 0 saturated carbocycles. The summed E-state index contributed by atoms with van der Waals surface area (Å²) >= 11 is 0. The fourth-order valence-corrected chi connectivity index (χ4v) is 4.64. The molecule has 1 unspecified atom stereocenters. The van der Waals surface area contributed by atoms with Crippen molar-refractivity contribution in [3.8, 4) is 0 Å². The van der Waals surface area contributed by atoms with Crippen molar-refractivity contribution in [2.45, 2.75) is 45.3 Å². The molecule has 4 aromatic rings. The standard InChI is InChI=1S/C26H26N2O3/c1-26(2,3)31-25(30)28-15-5-8-21(28)24(29)27-20-14-12-18-10-9-16-6-4-7-17-11-13-19(20)23(18)22(16)17/h4,6-7,9-14,21H,5,8,15H2,1-3H3,(H,27,29). The first-order valence-corrected chi connectivity index (χ1v) is 10.8. The van der Waals surface area contributed by atoms with Crippen molar-refractivity contribution in [3.05, 3.63) is 54.6 Å². The highest BCUT2D eigenvalue weighted by Crippen LogP contribution is 2.37. The van der Waals surface area contributed by atoms with E-state index in [0.717, 1.165) is 28.3 Å². The average Bonchev–Trinajstić information content (AvgIpc) is 3.22. The Bertz CT molecular complexity index is 1290. The Labute approximate surface area is 181 Å². The van der Waals surface area contributed by atoms with E-state index in [1.165, 1.54) is 16.2 Å². The summed E-state index contributed by atoms with van der Waals surface area (Å²) in [6.07, 6.45) is 0.993. The van der Waals surface area contributed by atoms with Crippen LogP contribution in [-0.4, -0.2) is 35.1 Å². The lowest BCUT2D eigenvalue weighted by molar-refractivity contribution is -0.120. The van der Waals surface area contributed by atoms with Crippen LogP contribution in [0.15, 0.2) is 54.6 Å². The van der Waals surface area contributed by atoms with Crippen molar-refractivity contribution in [2.24, 2.45) is 0 Å². The first-order chi connectivity index (χ1) is 14.8. The predicted octanol–water partition coefficient (Wildman–Crippen LogP) is 5.92. The van der Waals surface area contributed by atoms with Crippen LogP contribution in [0.1, 0.15) is 33.6 Å². The van der Waals surface area contributed by atoms with Crippen molar-refractivity contribution in [3.63, 3.8) is 0 Å². The van der Waals surface area contributed by atoms with Crippen molar-refractivity contribution < 1.29 is 14.3 Å². The minimum absolute atomic E-state index is 0.168. The number of benzene rings is 4. The SMILES string of the molecule is CC(C)(C)OC(=O)N1CCCC1C(=O)Nc1ccc2ccc3cccc4ccc1c2c34. The topological polar surface area (TPSA) is 58.6 Å². The van der Waals surface area contributed by atoms with Gasteiger partial charge in [-0.1, -0.05) is 48.5 Å². The van der Waals surface area contributed by atoms with Crippen LogP contribution >= 0.6 is 0 Å². The fourth-order valence-electron chi connectivity index (χ4n) is 4.64. The van der Waals surface area contributed by atoms with E-state index in [9.17, 15) is 9.59 Å². The Hall–Kier alpha value is -3.34. The second kappa shape index (κ2) is 7.12. The van der Waals surface area contributed by atoms with Gasteiger partial charge in [-0.2, -0.15) is 0 Å². The zero-order valence-electron chi connectivity index (χ0n) is 18.1. The molecule has 0 spiro atoms. The minimum Gasteiger partial charge on any atom is -0.444 e. The monoisotopic (exact) mass is 414 g/mol. The summed E-state index contributed by atoms with van der Waals surface area (Å²) in [6, 6.07) is 18.2. The smallest absolute Gasteiger partial charge is 0.410 e. The highest BCUT2D eigenvalue weighted by Gasteiger charge is 2.36. The Morgan fingerprint density at radius 3 is 2.29 bits per heavy atom. The minimum atomic E-state index is -0.591. The van der Waals surface area contributed by atoms with Crippen LogP contribution in [0.3, 0.4) is 0 Å². The van der Waals surface area contributed by atoms with E-state index in [1.807, 2.05) is 32.9 Å². The maximum Gasteiger partial charge on any atom is 0.410 e. The molecule has 1 N–H and O–H groups in total. The number of hydrogen-bond donors (Lipinski definition) is 1. The molecule has 0 aromatic heterocycles. The van der Waals surface area contributed by atoms with Crippen LogP contribution in [0, 0.1) is 0 Å². The molecule has 31 heavy (non-hydrogen) atoms. The highest BCUT2D eigenvalue weighted by atomic mass is 16.6. The summed E-state index contributed by atoms with van der Waals surface area (Å²) in [4.78, 5) is 27.3. The van der Waals surface area contributed by atoms with Gasteiger partial charge in [-0.15, -0.1) is 0 Å². The maximum absolute atomic E-state index is 13.2. The van der Waals surface area contributed by atoms with Crippen molar-refractivity contribution >= 4 is 50.0 Å². The van der Waals surface area contributed by atoms with E-state index >= 15 is 0 Å². The van der Waals surface area contributed by atoms with Gasteiger partial charge in [0, 0.05) is 17.6 Å². The Morgan fingerprint density at radius 2 is 1.58 bits per heavy atom. The van der Waals surface area contributed by atoms with Crippen LogP contribution in [0.2, 0.25) is 0 Å². The van der Waals surface area contributed by atoms with Gasteiger partial charge in [0.25, 0.3) is 0 Å². The summed E-state index contributed by atoms with van der Waals surface area (Å²) in [7, 11) is 0. The van der Waals surface area contributed by atoms with E-state index < -0.39 is 17.7 Å². The third kappa shape index (κ3) is 3.44. The number of carbonyl (C=O) groups excluding carboxylic acids is 2. The zero-order chi connectivity index (χ0) is 21.8. The molecule has 5 nitrogen and oxygen atoms in total. The van der Waals surface area contributed by atoms with Crippen molar-refractivity contribution in [2.75, 3.05) is 11.9 Å². The molecule has 1 atom stereocenters. The zero-order valence-corrected chi connectivity index (χ0v) is 18.1. The van der Waals surface area contributed by atoms with Crippen LogP contribution in [0.25, 0.3) is 32.3 Å². The van der Waals surface area contributed by atoms with E-state index in [4.69, 9.17) is 4.74 Å². The second-order valence-corrected chi connectivity index (χ2v) is 9.29. The van der Waals surface area contributed by atoms with Gasteiger partial charge in [0.2, 0.25) is 5.91 Å². The van der Waals surface area contributed by atoms with E-state index in [2.05, 4.69) is 47.8 Å². The molecule has 1 heterocycles. The summed E-state index contributed by atoms with van der Waals surface area (Å²) in [5, 5.41) is 10.00. The van der Waals surface area contributed by atoms with Crippen molar-refractivity contribution in [1.82, 2.24) is 4.90 Å². The number of hydrogen-bond acceptors (Lipinski definition) is 3. The molecule has 2 amide bonds. The molecule has 5 heteroatoms. The third-order valence-electron chi connectivity index (χ3n) is 5.97. The molecule has 1 aliphatic heterocycles. The molecular weight excluding hydrogens is 388 g/mol. The average molecular weight is 415 g/mol. The lowest BCUT2D eigenvalue weighted by Gasteiger charge is -2.28. The molecule has 4 aromatic carbocycles. The number of ether oxygens (including phenoxy) is 1. The van der Waals surface area contributed by atoms with Crippen LogP contribution in [0.5, 0.6) is 0 Å². The second-order valence-electron chi connectivity index (χ2n) is 9.29. The number of nitrogens with one attached hydrogen (secondary N) is 1. The van der Waals surface area contributed by atoms with Crippen LogP contribution in [-0.2, 0) is 9.53 Å². The summed E-state index contributed by atoms with van der Waals surface area (Å²) in [5.41, 5.74) is 0.180. The summed E-state index contributed by atoms with van der Waals surface area (Å²) in [5.74, 6) is -0.168. The molecule has 1 aliphatic rings. The fraction of sp³-hybridized carbons (Fsp3) is 0.308. The lowest BCUT2D eigenvalue weighted by Crippen LogP contribution is -2.45. The van der Waals surface area contributed by atoms with Gasteiger partial charge < -0.3 is 10.1 Å². The van der Waals surface area contributed by atoms with E-state index in [-0.39, 0.29) is 5.91 Å². The van der Waals surface area contributed by atoms with Gasteiger partial charge in [0.1, 0.15) is 11.6 Å². The predicted molar refractivity (Wildman–Crippen MR) is 125 cm³/mol. The molecule has 158 valence electrons. The maximum atomic E-state index is 13.2. The molecule has 0 aliphatic carbocycles. The molecule has 0 bridgehead atoms. The van der Waals surface area contributed by atoms with Crippen molar-refractivity contribution in [1.29, 1.82) is 0 Å². The molecule has 1 saturated heterocycles. The van der Waals surface area contributed by atoms with Gasteiger partial charge >= 0.3 is 6.09 Å². The Kier molecular flexibility index (Phi) is 4.50. The lowest BCUT2D eigenvalue weighted by atomic mass is 9.93. The number of carbonyl (C=O) groups is 2. The Morgan fingerprint density at radius 1 is 0.935 bits per heavy atom. The highest BCUT2D eigenvalue weighted by molar-refractivity contribution is 6.26. The van der Waals surface area contributed by atoms with Crippen LogP contribution in [0.4, 0.5) is 10.5 Å². The van der Waals surface area contributed by atoms with Gasteiger partial charge in [-0.25, -0.2) is 4.79 Å². The number of anilines is 1. The third-order valence-corrected chi connectivity index (χ3v) is 5.97. The summed E-state index contributed by atoms with van der Waals surface area (Å²) in [6.45, 7) is 6.04. The number of amides is 2. The van der Waals surface area contributed by atoms with Gasteiger partial charge in [0.15, 0.2) is 0 Å². The molecule has 0 radical (unpaired) electrons. The molecule has 5 rings (SSSR count). The van der Waals surface area contributed by atoms with Gasteiger partial charge in [-0.3, -0.25) is 9.69 Å². The number of rotatable bonds is 2. The normalized spacial score (nSPS) is 17.0. The first kappa shape index (κ1) is 19.6. The number of likely N-dealkylation sites (tertiary alicyclic amines) is 1. The van der Waals surface area contributed by atoms with E-state index in [1.54, 1.807) is 4.90 Å². The first-order valence-electron chi connectivity index (χ1n) is 10.8. The number of nitrogens with zero attached hydrogens (tertiary/aromatic N) is 1.